The highest BCUT2D eigenvalue weighted by Gasteiger charge is 2.38. The van der Waals surface area contributed by atoms with Gasteiger partial charge in [-0.05, 0) is 11.3 Å². The van der Waals surface area contributed by atoms with Gasteiger partial charge in [-0.15, -0.1) is 0 Å². The van der Waals surface area contributed by atoms with E-state index in [9.17, 15) is 13.2 Å². The molecule has 0 amide bonds. The second-order valence-electron chi connectivity index (χ2n) is 4.91. The summed E-state index contributed by atoms with van der Waals surface area (Å²) in [5.74, 6) is -0.259. The zero-order valence-corrected chi connectivity index (χ0v) is 9.76. The van der Waals surface area contributed by atoms with Gasteiger partial charge in [-0.3, -0.25) is 0 Å². The summed E-state index contributed by atoms with van der Waals surface area (Å²) in [4.78, 5) is 7.03. The lowest BCUT2D eigenvalue weighted by molar-refractivity contribution is -0.142. The lowest BCUT2D eigenvalue weighted by Gasteiger charge is -2.28. The molecule has 0 radical (unpaired) electrons. The average molecular weight is 232 g/mol. The predicted octanol–water partition coefficient (Wildman–Crippen LogP) is 3.65. The van der Waals surface area contributed by atoms with Crippen LogP contribution in [0.15, 0.2) is 12.5 Å². The highest BCUT2D eigenvalue weighted by atomic mass is 19.4. The molecule has 1 aromatic heterocycles. The maximum atomic E-state index is 12.7. The summed E-state index contributed by atoms with van der Waals surface area (Å²) < 4.78 is 38.1. The maximum absolute atomic E-state index is 12.7. The maximum Gasteiger partial charge on any atom is 0.433 e. The highest BCUT2D eigenvalue weighted by Crippen LogP contribution is 2.39. The van der Waals surface area contributed by atoms with Crippen LogP contribution in [0.1, 0.15) is 44.9 Å². The van der Waals surface area contributed by atoms with E-state index < -0.39 is 11.9 Å². The number of hydrogen-bond donors (Lipinski definition) is 0. The van der Waals surface area contributed by atoms with E-state index in [0.29, 0.717) is 0 Å². The molecule has 0 bridgehead atoms. The molecule has 1 rings (SSSR count). The van der Waals surface area contributed by atoms with Gasteiger partial charge in [0, 0.05) is 11.8 Å². The Morgan fingerprint density at radius 2 is 1.75 bits per heavy atom. The molecule has 0 aliphatic heterocycles. The molecule has 0 N–H and O–H groups in total. The molecule has 1 unspecified atom stereocenters. The van der Waals surface area contributed by atoms with Crippen molar-refractivity contribution in [3.63, 3.8) is 0 Å². The van der Waals surface area contributed by atoms with Crippen LogP contribution in [0, 0.1) is 5.41 Å². The third-order valence-electron chi connectivity index (χ3n) is 2.77. The van der Waals surface area contributed by atoms with Crippen LogP contribution in [-0.2, 0) is 6.18 Å². The minimum atomic E-state index is -4.42. The van der Waals surface area contributed by atoms with Crippen molar-refractivity contribution < 1.29 is 13.2 Å². The van der Waals surface area contributed by atoms with Crippen molar-refractivity contribution >= 4 is 0 Å². The van der Waals surface area contributed by atoms with Gasteiger partial charge in [0.2, 0.25) is 0 Å². The van der Waals surface area contributed by atoms with Crippen molar-refractivity contribution in [1.29, 1.82) is 0 Å². The lowest BCUT2D eigenvalue weighted by atomic mass is 9.77. The highest BCUT2D eigenvalue weighted by molar-refractivity contribution is 5.24. The Labute approximate surface area is 92.9 Å². The van der Waals surface area contributed by atoms with Crippen LogP contribution >= 0.6 is 0 Å². The first kappa shape index (κ1) is 12.9. The van der Waals surface area contributed by atoms with Crippen LogP contribution in [-0.4, -0.2) is 9.97 Å². The molecule has 0 spiro atoms. The number of aromatic nitrogens is 2. The first-order chi connectivity index (χ1) is 7.14. The number of hydrogen-bond acceptors (Lipinski definition) is 2. The number of nitrogens with zero attached hydrogens (tertiary/aromatic N) is 2. The zero-order valence-electron chi connectivity index (χ0n) is 9.76. The molecule has 0 aliphatic rings. The number of alkyl halides is 3. The molecule has 16 heavy (non-hydrogen) atoms. The van der Waals surface area contributed by atoms with Crippen LogP contribution in [0.25, 0.3) is 0 Å². The van der Waals surface area contributed by atoms with Gasteiger partial charge in [0.05, 0.1) is 0 Å². The summed E-state index contributed by atoms with van der Waals surface area (Å²) >= 11 is 0. The molecule has 5 heteroatoms. The molecular formula is C11H15F3N2. The van der Waals surface area contributed by atoms with E-state index in [1.165, 1.54) is 6.20 Å². The van der Waals surface area contributed by atoms with Crippen molar-refractivity contribution in [2.24, 2.45) is 5.41 Å². The summed E-state index contributed by atoms with van der Waals surface area (Å²) in [6.07, 6.45) is -2.23. The Balaban J connectivity index is 3.25. The molecule has 90 valence electrons. The molecule has 1 atom stereocenters. The monoisotopic (exact) mass is 232 g/mol. The molecular weight excluding hydrogens is 217 g/mol. The fraction of sp³-hybridized carbons (Fsp3) is 0.636. The van der Waals surface area contributed by atoms with Crippen LogP contribution in [0.2, 0.25) is 0 Å². The van der Waals surface area contributed by atoms with Gasteiger partial charge in [0.25, 0.3) is 0 Å². The standard InChI is InChI=1S/C11H15F3N2/c1-7(10(2,3)4)8-5-15-6-16-9(8)11(12,13)14/h5-7H,1-4H3. The Kier molecular flexibility index (Phi) is 3.26. The quantitative estimate of drug-likeness (QED) is 0.738. The van der Waals surface area contributed by atoms with E-state index in [1.807, 2.05) is 20.8 Å². The minimum absolute atomic E-state index is 0.155. The van der Waals surface area contributed by atoms with E-state index in [1.54, 1.807) is 6.92 Å². The predicted molar refractivity (Wildman–Crippen MR) is 54.9 cm³/mol. The summed E-state index contributed by atoms with van der Waals surface area (Å²) in [7, 11) is 0. The van der Waals surface area contributed by atoms with Crippen molar-refractivity contribution in [3.8, 4) is 0 Å². The Hall–Kier alpha value is -1.13. The van der Waals surface area contributed by atoms with Gasteiger partial charge in [-0.1, -0.05) is 27.7 Å². The van der Waals surface area contributed by atoms with Gasteiger partial charge < -0.3 is 0 Å². The average Bonchev–Trinajstić information content (AvgIpc) is 2.14. The normalized spacial score (nSPS) is 14.9. The van der Waals surface area contributed by atoms with Gasteiger partial charge in [0.15, 0.2) is 5.69 Å². The third-order valence-corrected chi connectivity index (χ3v) is 2.77. The lowest BCUT2D eigenvalue weighted by Crippen LogP contribution is -2.21. The molecule has 2 nitrogen and oxygen atoms in total. The van der Waals surface area contributed by atoms with E-state index in [4.69, 9.17) is 0 Å². The van der Waals surface area contributed by atoms with Crippen molar-refractivity contribution in [2.45, 2.75) is 39.8 Å². The second-order valence-corrected chi connectivity index (χ2v) is 4.91. The second kappa shape index (κ2) is 4.03. The zero-order chi connectivity index (χ0) is 12.6. The minimum Gasteiger partial charge on any atom is -0.244 e. The third kappa shape index (κ3) is 2.71. The SMILES string of the molecule is CC(c1cncnc1C(F)(F)F)C(C)(C)C. The summed E-state index contributed by atoms with van der Waals surface area (Å²) in [5, 5.41) is 0. The van der Waals surface area contributed by atoms with Crippen LogP contribution in [0.5, 0.6) is 0 Å². The van der Waals surface area contributed by atoms with Crippen molar-refractivity contribution in [2.75, 3.05) is 0 Å². The fourth-order valence-electron chi connectivity index (χ4n) is 1.36. The summed E-state index contributed by atoms with van der Waals surface area (Å²) in [5.41, 5.74) is -0.933. The topological polar surface area (TPSA) is 25.8 Å². The summed E-state index contributed by atoms with van der Waals surface area (Å²) in [6.45, 7) is 7.44. The van der Waals surface area contributed by atoms with Gasteiger partial charge >= 0.3 is 6.18 Å². The summed E-state index contributed by atoms with van der Waals surface area (Å²) in [6, 6.07) is 0. The van der Waals surface area contributed by atoms with E-state index in [2.05, 4.69) is 9.97 Å². The van der Waals surface area contributed by atoms with Crippen LogP contribution in [0.4, 0.5) is 13.2 Å². The fourth-order valence-corrected chi connectivity index (χ4v) is 1.36. The van der Waals surface area contributed by atoms with Crippen molar-refractivity contribution in [3.05, 3.63) is 23.8 Å². The number of halogens is 3. The molecule has 0 saturated heterocycles. The Bertz CT molecular complexity index is 366. The van der Waals surface area contributed by atoms with E-state index in [-0.39, 0.29) is 16.9 Å². The Morgan fingerprint density at radius 3 is 2.19 bits per heavy atom. The number of rotatable bonds is 1. The van der Waals surface area contributed by atoms with Gasteiger partial charge in [0.1, 0.15) is 6.33 Å². The molecule has 0 fully saturated rings. The van der Waals surface area contributed by atoms with Crippen LogP contribution in [0.3, 0.4) is 0 Å². The first-order valence-corrected chi connectivity index (χ1v) is 5.01. The smallest absolute Gasteiger partial charge is 0.244 e. The van der Waals surface area contributed by atoms with E-state index >= 15 is 0 Å². The molecule has 0 aromatic carbocycles. The van der Waals surface area contributed by atoms with E-state index in [0.717, 1.165) is 6.33 Å². The van der Waals surface area contributed by atoms with Crippen LogP contribution < -0.4 is 0 Å². The largest absolute Gasteiger partial charge is 0.433 e. The Morgan fingerprint density at radius 1 is 1.19 bits per heavy atom. The van der Waals surface area contributed by atoms with Crippen molar-refractivity contribution in [1.82, 2.24) is 9.97 Å². The molecule has 0 aliphatic carbocycles. The molecule has 1 aromatic rings. The van der Waals surface area contributed by atoms with Gasteiger partial charge in [-0.25, -0.2) is 9.97 Å². The van der Waals surface area contributed by atoms with Gasteiger partial charge in [-0.2, -0.15) is 13.2 Å². The molecule has 1 heterocycles. The molecule has 0 saturated carbocycles. The first-order valence-electron chi connectivity index (χ1n) is 5.01.